The van der Waals surface area contributed by atoms with Crippen molar-refractivity contribution in [1.29, 1.82) is 0 Å². The van der Waals surface area contributed by atoms with Crippen molar-refractivity contribution in [3.05, 3.63) is 47.5 Å². The lowest BCUT2D eigenvalue weighted by Crippen LogP contribution is -1.75. The molecule has 74 valence electrons. The number of nitrogens with zero attached hydrogens (tertiary/aromatic N) is 1. The van der Waals surface area contributed by atoms with E-state index in [2.05, 4.69) is 11.6 Å². The number of aldehydes is 1. The average molecular weight is 215 g/mol. The number of carbonyl (C=O) groups is 1. The Morgan fingerprint density at radius 2 is 2.00 bits per heavy atom. The Bertz CT molecular complexity index is 485. The van der Waals surface area contributed by atoms with Crippen molar-refractivity contribution in [2.45, 2.75) is 0 Å². The molecule has 0 aliphatic rings. The first-order valence-corrected chi connectivity index (χ1v) is 5.29. The molecule has 0 N–H and O–H groups in total. The first kappa shape index (κ1) is 9.80. The Balaban J connectivity index is 2.36. The zero-order valence-corrected chi connectivity index (χ0v) is 8.83. The van der Waals surface area contributed by atoms with Gasteiger partial charge in [-0.25, -0.2) is 4.98 Å². The lowest BCUT2D eigenvalue weighted by atomic mass is 10.1. The Labute approximate surface area is 91.9 Å². The van der Waals surface area contributed by atoms with Gasteiger partial charge in [-0.3, -0.25) is 4.79 Å². The molecule has 0 amide bonds. The highest BCUT2D eigenvalue weighted by atomic mass is 32.1. The van der Waals surface area contributed by atoms with Gasteiger partial charge in [0.1, 0.15) is 5.01 Å². The first-order chi connectivity index (χ1) is 7.33. The van der Waals surface area contributed by atoms with Crippen molar-refractivity contribution in [2.75, 3.05) is 0 Å². The van der Waals surface area contributed by atoms with Crippen LogP contribution in [-0.2, 0) is 0 Å². The highest BCUT2D eigenvalue weighted by Crippen LogP contribution is 2.24. The first-order valence-electron chi connectivity index (χ1n) is 4.47. The summed E-state index contributed by atoms with van der Waals surface area (Å²) in [5.41, 5.74) is 2.10. The van der Waals surface area contributed by atoms with E-state index in [4.69, 9.17) is 0 Å². The second-order valence-electron chi connectivity index (χ2n) is 3.01. The Kier molecular flexibility index (Phi) is 2.74. The van der Waals surface area contributed by atoms with E-state index in [-0.39, 0.29) is 0 Å². The molecular formula is C12H9NOS. The number of benzene rings is 1. The van der Waals surface area contributed by atoms with Crippen LogP contribution in [0.4, 0.5) is 0 Å². The van der Waals surface area contributed by atoms with Gasteiger partial charge < -0.3 is 0 Å². The summed E-state index contributed by atoms with van der Waals surface area (Å²) in [4.78, 5) is 15.3. The van der Waals surface area contributed by atoms with E-state index in [1.54, 1.807) is 12.3 Å². The number of thiazole rings is 1. The lowest BCUT2D eigenvalue weighted by molar-refractivity contribution is 0.112. The van der Waals surface area contributed by atoms with E-state index < -0.39 is 0 Å². The SMILES string of the molecule is C=Cc1ccc(-c2ncc(C=O)s2)cc1. The van der Waals surface area contributed by atoms with Gasteiger partial charge in [-0.05, 0) is 5.56 Å². The van der Waals surface area contributed by atoms with Crippen LogP contribution in [0.15, 0.2) is 37.0 Å². The summed E-state index contributed by atoms with van der Waals surface area (Å²) in [5, 5.41) is 0.868. The Hall–Kier alpha value is -1.74. The zero-order valence-electron chi connectivity index (χ0n) is 8.01. The van der Waals surface area contributed by atoms with E-state index in [9.17, 15) is 4.79 Å². The third-order valence-corrected chi connectivity index (χ3v) is 3.00. The summed E-state index contributed by atoms with van der Waals surface area (Å²) < 4.78 is 0. The van der Waals surface area contributed by atoms with E-state index in [0.717, 1.165) is 22.4 Å². The minimum absolute atomic E-state index is 0.651. The van der Waals surface area contributed by atoms with E-state index in [1.807, 2.05) is 24.3 Å². The van der Waals surface area contributed by atoms with Crippen LogP contribution in [0, 0.1) is 0 Å². The van der Waals surface area contributed by atoms with Crippen LogP contribution in [0.2, 0.25) is 0 Å². The molecule has 0 atom stereocenters. The van der Waals surface area contributed by atoms with E-state index in [1.165, 1.54) is 11.3 Å². The predicted molar refractivity (Wildman–Crippen MR) is 63.0 cm³/mol. The highest BCUT2D eigenvalue weighted by molar-refractivity contribution is 7.16. The highest BCUT2D eigenvalue weighted by Gasteiger charge is 2.03. The van der Waals surface area contributed by atoms with Crippen LogP contribution in [0.25, 0.3) is 16.6 Å². The summed E-state index contributed by atoms with van der Waals surface area (Å²) in [5.74, 6) is 0. The molecule has 1 heterocycles. The minimum Gasteiger partial charge on any atom is -0.297 e. The van der Waals surface area contributed by atoms with Crippen LogP contribution in [-0.4, -0.2) is 11.3 Å². The smallest absolute Gasteiger partial charge is 0.161 e. The molecule has 1 aromatic heterocycles. The molecule has 1 aromatic carbocycles. The van der Waals surface area contributed by atoms with Gasteiger partial charge in [0, 0.05) is 11.8 Å². The zero-order chi connectivity index (χ0) is 10.7. The van der Waals surface area contributed by atoms with Crippen LogP contribution in [0.5, 0.6) is 0 Å². The molecule has 2 rings (SSSR count). The number of rotatable bonds is 3. The third-order valence-electron chi connectivity index (χ3n) is 2.03. The molecular weight excluding hydrogens is 206 g/mol. The van der Waals surface area contributed by atoms with Gasteiger partial charge in [0.25, 0.3) is 0 Å². The molecule has 0 spiro atoms. The molecule has 0 bridgehead atoms. The maximum Gasteiger partial charge on any atom is 0.161 e. The fourth-order valence-electron chi connectivity index (χ4n) is 1.24. The second kappa shape index (κ2) is 4.19. The van der Waals surface area contributed by atoms with E-state index in [0.29, 0.717) is 4.88 Å². The fraction of sp³-hybridized carbons (Fsp3) is 0. The Morgan fingerprint density at radius 3 is 2.53 bits per heavy atom. The molecule has 0 radical (unpaired) electrons. The van der Waals surface area contributed by atoms with Crippen LogP contribution < -0.4 is 0 Å². The molecule has 15 heavy (non-hydrogen) atoms. The number of carbonyl (C=O) groups excluding carboxylic acids is 1. The maximum atomic E-state index is 10.5. The monoisotopic (exact) mass is 215 g/mol. The van der Waals surface area contributed by atoms with Crippen LogP contribution in [0.1, 0.15) is 15.2 Å². The van der Waals surface area contributed by atoms with Crippen LogP contribution >= 0.6 is 11.3 Å². The minimum atomic E-state index is 0.651. The number of aromatic nitrogens is 1. The molecule has 0 fully saturated rings. The van der Waals surface area contributed by atoms with Gasteiger partial charge in [-0.15, -0.1) is 11.3 Å². The largest absolute Gasteiger partial charge is 0.297 e. The molecule has 2 nitrogen and oxygen atoms in total. The van der Waals surface area contributed by atoms with Crippen molar-refractivity contribution in [3.63, 3.8) is 0 Å². The second-order valence-corrected chi connectivity index (χ2v) is 4.07. The van der Waals surface area contributed by atoms with Gasteiger partial charge in [-0.2, -0.15) is 0 Å². The van der Waals surface area contributed by atoms with Gasteiger partial charge >= 0.3 is 0 Å². The van der Waals surface area contributed by atoms with Crippen molar-refractivity contribution < 1.29 is 4.79 Å². The topological polar surface area (TPSA) is 30.0 Å². The molecule has 2 aromatic rings. The molecule has 3 heteroatoms. The molecule has 0 saturated carbocycles. The maximum absolute atomic E-state index is 10.5. The standard InChI is InChI=1S/C12H9NOS/c1-2-9-3-5-10(6-4-9)12-13-7-11(8-14)15-12/h2-8H,1H2. The fourth-order valence-corrected chi connectivity index (χ4v) is 1.97. The summed E-state index contributed by atoms with van der Waals surface area (Å²) in [6, 6.07) is 7.91. The van der Waals surface area contributed by atoms with Gasteiger partial charge in [-0.1, -0.05) is 36.9 Å². The average Bonchev–Trinajstić information content (AvgIpc) is 2.78. The number of hydrogen-bond donors (Lipinski definition) is 0. The quantitative estimate of drug-likeness (QED) is 0.735. The summed E-state index contributed by atoms with van der Waals surface area (Å²) in [6.45, 7) is 3.69. The number of hydrogen-bond acceptors (Lipinski definition) is 3. The molecule has 0 unspecified atom stereocenters. The van der Waals surface area contributed by atoms with Crippen molar-refractivity contribution in [3.8, 4) is 10.6 Å². The van der Waals surface area contributed by atoms with Gasteiger partial charge in [0.2, 0.25) is 0 Å². The predicted octanol–water partition coefficient (Wildman–Crippen LogP) is 3.27. The van der Waals surface area contributed by atoms with E-state index >= 15 is 0 Å². The van der Waals surface area contributed by atoms with Crippen molar-refractivity contribution in [2.24, 2.45) is 0 Å². The Morgan fingerprint density at radius 1 is 1.27 bits per heavy atom. The van der Waals surface area contributed by atoms with Crippen LogP contribution in [0.3, 0.4) is 0 Å². The van der Waals surface area contributed by atoms with Gasteiger partial charge in [0.15, 0.2) is 6.29 Å². The third kappa shape index (κ3) is 2.02. The normalized spacial score (nSPS) is 9.87. The summed E-state index contributed by atoms with van der Waals surface area (Å²) in [7, 11) is 0. The summed E-state index contributed by atoms with van der Waals surface area (Å²) >= 11 is 1.39. The molecule has 0 saturated heterocycles. The molecule has 0 aliphatic carbocycles. The van der Waals surface area contributed by atoms with Crippen molar-refractivity contribution in [1.82, 2.24) is 4.98 Å². The molecule has 0 aliphatic heterocycles. The van der Waals surface area contributed by atoms with Crippen molar-refractivity contribution >= 4 is 23.7 Å². The van der Waals surface area contributed by atoms with Gasteiger partial charge in [0.05, 0.1) is 4.88 Å². The summed E-state index contributed by atoms with van der Waals surface area (Å²) in [6.07, 6.45) is 4.20. The lowest BCUT2D eigenvalue weighted by Gasteiger charge is -1.96.